The lowest BCUT2D eigenvalue weighted by atomic mass is 9.88. The molecule has 0 saturated carbocycles. The van der Waals surface area contributed by atoms with E-state index in [2.05, 4.69) is 39.5 Å². The predicted molar refractivity (Wildman–Crippen MR) is 70.8 cm³/mol. The van der Waals surface area contributed by atoms with Crippen LogP contribution in [0, 0.1) is 0 Å². The van der Waals surface area contributed by atoms with Gasteiger partial charge in [0, 0.05) is 6.42 Å². The molecule has 16 heavy (non-hydrogen) atoms. The molecule has 0 aromatic rings. The molecule has 2 heteroatoms. The number of nitrogens with zero attached hydrogens (tertiary/aromatic N) is 1. The predicted octanol–water partition coefficient (Wildman–Crippen LogP) is 3.65. The van der Waals surface area contributed by atoms with Crippen molar-refractivity contribution in [3.63, 3.8) is 0 Å². The van der Waals surface area contributed by atoms with Crippen molar-refractivity contribution in [3.8, 4) is 0 Å². The molecule has 0 fully saturated rings. The normalized spacial score (nSPS) is 15.1. The lowest BCUT2D eigenvalue weighted by Gasteiger charge is -2.38. The molecule has 0 aliphatic rings. The molecule has 96 valence electrons. The fourth-order valence-electron chi connectivity index (χ4n) is 2.32. The van der Waals surface area contributed by atoms with Crippen LogP contribution >= 0.6 is 0 Å². The largest absolute Gasteiger partial charge is 0.298 e. The van der Waals surface area contributed by atoms with Gasteiger partial charge in [0.1, 0.15) is 0 Å². The van der Waals surface area contributed by atoms with Crippen molar-refractivity contribution in [3.05, 3.63) is 0 Å². The molecule has 0 amide bonds. The molecule has 0 aromatic heterocycles. The second-order valence-electron chi connectivity index (χ2n) is 4.68. The topological polar surface area (TPSA) is 20.3 Å². The molecule has 0 aromatic carbocycles. The van der Waals surface area contributed by atoms with Crippen LogP contribution in [-0.4, -0.2) is 29.3 Å². The molecule has 0 aliphatic heterocycles. The average Bonchev–Trinajstić information content (AvgIpc) is 2.30. The van der Waals surface area contributed by atoms with Crippen molar-refractivity contribution in [2.75, 3.05) is 13.1 Å². The van der Waals surface area contributed by atoms with Crippen LogP contribution in [0.25, 0.3) is 0 Å². The first-order valence-corrected chi connectivity index (χ1v) is 6.85. The summed E-state index contributed by atoms with van der Waals surface area (Å²) >= 11 is 0. The molecule has 1 atom stereocenters. The van der Waals surface area contributed by atoms with Gasteiger partial charge in [-0.2, -0.15) is 0 Å². The van der Waals surface area contributed by atoms with Crippen molar-refractivity contribution >= 4 is 5.78 Å². The van der Waals surface area contributed by atoms with E-state index in [4.69, 9.17) is 0 Å². The van der Waals surface area contributed by atoms with E-state index >= 15 is 0 Å². The van der Waals surface area contributed by atoms with E-state index in [-0.39, 0.29) is 5.54 Å². The first-order chi connectivity index (χ1) is 7.56. The van der Waals surface area contributed by atoms with Crippen molar-refractivity contribution < 1.29 is 4.79 Å². The summed E-state index contributed by atoms with van der Waals surface area (Å²) in [6, 6.07) is 0. The van der Waals surface area contributed by atoms with Gasteiger partial charge < -0.3 is 0 Å². The Hall–Kier alpha value is -0.370. The third kappa shape index (κ3) is 3.89. The third-order valence-electron chi connectivity index (χ3n) is 3.76. The first-order valence-electron chi connectivity index (χ1n) is 6.85. The van der Waals surface area contributed by atoms with Crippen molar-refractivity contribution in [1.29, 1.82) is 0 Å². The van der Waals surface area contributed by atoms with E-state index in [0.717, 1.165) is 32.4 Å². The SMILES string of the molecule is CCCCCC(=O)C(C)(CC)N(CC)CC. The van der Waals surface area contributed by atoms with Crippen molar-refractivity contribution in [2.45, 2.75) is 72.3 Å². The number of carbonyl (C=O) groups excluding carboxylic acids is 1. The maximum absolute atomic E-state index is 12.3. The van der Waals surface area contributed by atoms with Crippen LogP contribution in [0.4, 0.5) is 0 Å². The minimum Gasteiger partial charge on any atom is -0.298 e. The molecule has 0 radical (unpaired) electrons. The quantitative estimate of drug-likeness (QED) is 0.560. The van der Waals surface area contributed by atoms with Gasteiger partial charge in [-0.15, -0.1) is 0 Å². The lowest BCUT2D eigenvalue weighted by Crippen LogP contribution is -2.51. The van der Waals surface area contributed by atoms with E-state index in [1.807, 2.05) is 0 Å². The zero-order valence-electron chi connectivity index (χ0n) is 11.8. The van der Waals surface area contributed by atoms with Gasteiger partial charge >= 0.3 is 0 Å². The van der Waals surface area contributed by atoms with Crippen LogP contribution in [0.2, 0.25) is 0 Å². The highest BCUT2D eigenvalue weighted by atomic mass is 16.1. The van der Waals surface area contributed by atoms with E-state index in [1.165, 1.54) is 12.8 Å². The number of rotatable bonds is 9. The number of ketones is 1. The number of hydrogen-bond acceptors (Lipinski definition) is 2. The minimum absolute atomic E-state index is 0.239. The maximum Gasteiger partial charge on any atom is 0.152 e. The Morgan fingerprint density at radius 1 is 1.06 bits per heavy atom. The smallest absolute Gasteiger partial charge is 0.152 e. The molecule has 1 unspecified atom stereocenters. The molecule has 0 rings (SSSR count). The van der Waals surface area contributed by atoms with Crippen LogP contribution in [0.3, 0.4) is 0 Å². The fraction of sp³-hybridized carbons (Fsp3) is 0.929. The molecule has 0 N–H and O–H groups in total. The Morgan fingerprint density at radius 2 is 1.62 bits per heavy atom. The molecule has 0 spiro atoms. The standard InChI is InChI=1S/C14H29NO/c1-6-10-11-12-13(16)14(5,7-2)15(8-3)9-4/h6-12H2,1-5H3. The summed E-state index contributed by atoms with van der Waals surface area (Å²) in [7, 11) is 0. The summed E-state index contributed by atoms with van der Waals surface area (Å²) in [6.45, 7) is 12.6. The summed E-state index contributed by atoms with van der Waals surface area (Å²) in [4.78, 5) is 14.6. The molecular weight excluding hydrogens is 198 g/mol. The average molecular weight is 227 g/mol. The summed E-state index contributed by atoms with van der Waals surface area (Å²) < 4.78 is 0. The van der Waals surface area contributed by atoms with E-state index in [9.17, 15) is 4.79 Å². The van der Waals surface area contributed by atoms with Crippen molar-refractivity contribution in [1.82, 2.24) is 4.90 Å². The van der Waals surface area contributed by atoms with Gasteiger partial charge in [0.2, 0.25) is 0 Å². The van der Waals surface area contributed by atoms with Crippen LogP contribution in [0.1, 0.15) is 66.7 Å². The van der Waals surface area contributed by atoms with E-state index in [0.29, 0.717) is 5.78 Å². The van der Waals surface area contributed by atoms with E-state index < -0.39 is 0 Å². The number of unbranched alkanes of at least 4 members (excludes halogenated alkanes) is 2. The zero-order valence-corrected chi connectivity index (χ0v) is 11.8. The Labute approximate surface area is 101 Å². The van der Waals surface area contributed by atoms with Crippen LogP contribution in [-0.2, 0) is 4.79 Å². The zero-order chi connectivity index (χ0) is 12.6. The van der Waals surface area contributed by atoms with Crippen LogP contribution in [0.5, 0.6) is 0 Å². The Bertz CT molecular complexity index is 199. The second kappa shape index (κ2) is 7.83. The van der Waals surface area contributed by atoms with Crippen molar-refractivity contribution in [2.24, 2.45) is 0 Å². The van der Waals surface area contributed by atoms with Crippen LogP contribution in [0.15, 0.2) is 0 Å². The number of carbonyl (C=O) groups is 1. The number of Topliss-reactive ketones (excluding diaryl/α,β-unsaturated/α-hetero) is 1. The van der Waals surface area contributed by atoms with Crippen LogP contribution < -0.4 is 0 Å². The molecule has 0 saturated heterocycles. The summed E-state index contributed by atoms with van der Waals surface area (Å²) in [5.41, 5.74) is -0.239. The van der Waals surface area contributed by atoms with Gasteiger partial charge in [-0.1, -0.05) is 40.5 Å². The highest BCUT2D eigenvalue weighted by molar-refractivity contribution is 5.87. The van der Waals surface area contributed by atoms with Gasteiger partial charge in [0.15, 0.2) is 5.78 Å². The lowest BCUT2D eigenvalue weighted by molar-refractivity contribution is -0.130. The van der Waals surface area contributed by atoms with Gasteiger partial charge in [0.25, 0.3) is 0 Å². The van der Waals surface area contributed by atoms with Gasteiger partial charge in [-0.25, -0.2) is 0 Å². The summed E-state index contributed by atoms with van der Waals surface area (Å²) in [5, 5.41) is 0. The molecule has 0 aliphatic carbocycles. The Morgan fingerprint density at radius 3 is 2.00 bits per heavy atom. The molecule has 2 nitrogen and oxygen atoms in total. The summed E-state index contributed by atoms with van der Waals surface area (Å²) in [5.74, 6) is 0.423. The highest BCUT2D eigenvalue weighted by Gasteiger charge is 2.34. The van der Waals surface area contributed by atoms with E-state index in [1.54, 1.807) is 0 Å². The highest BCUT2D eigenvalue weighted by Crippen LogP contribution is 2.23. The maximum atomic E-state index is 12.3. The number of likely N-dealkylation sites (N-methyl/N-ethyl adjacent to an activating group) is 1. The third-order valence-corrected chi connectivity index (χ3v) is 3.76. The minimum atomic E-state index is -0.239. The summed E-state index contributed by atoms with van der Waals surface area (Å²) in [6.07, 6.45) is 5.06. The van der Waals surface area contributed by atoms with Gasteiger partial charge in [0.05, 0.1) is 5.54 Å². The molecular formula is C14H29NO. The molecule has 0 bridgehead atoms. The Balaban J connectivity index is 4.48. The fourth-order valence-corrected chi connectivity index (χ4v) is 2.32. The number of hydrogen-bond donors (Lipinski definition) is 0. The Kier molecular flexibility index (Phi) is 7.65. The monoisotopic (exact) mass is 227 g/mol. The second-order valence-corrected chi connectivity index (χ2v) is 4.68. The first kappa shape index (κ1) is 15.6. The van der Waals surface area contributed by atoms with Gasteiger partial charge in [-0.3, -0.25) is 9.69 Å². The molecule has 0 heterocycles. The van der Waals surface area contributed by atoms with Gasteiger partial charge in [-0.05, 0) is 32.9 Å².